The highest BCUT2D eigenvalue weighted by molar-refractivity contribution is 7.98. The number of thioether (sulfide) groups is 1. The molecule has 0 aliphatic heterocycles. The van der Waals surface area contributed by atoms with E-state index in [4.69, 9.17) is 11.6 Å². The maximum atomic E-state index is 12.3. The van der Waals surface area contributed by atoms with E-state index >= 15 is 0 Å². The van der Waals surface area contributed by atoms with Gasteiger partial charge in [0.2, 0.25) is 0 Å². The van der Waals surface area contributed by atoms with Crippen molar-refractivity contribution in [1.29, 1.82) is 0 Å². The van der Waals surface area contributed by atoms with E-state index in [-0.39, 0.29) is 5.91 Å². The van der Waals surface area contributed by atoms with Crippen LogP contribution in [0.15, 0.2) is 54.9 Å². The molecule has 0 unspecified atom stereocenters. The number of halogens is 1. The lowest BCUT2D eigenvalue weighted by Crippen LogP contribution is -2.25. The zero-order valence-electron chi connectivity index (χ0n) is 13.3. The molecule has 122 valence electrons. The van der Waals surface area contributed by atoms with Gasteiger partial charge in [0.05, 0.1) is 0 Å². The van der Waals surface area contributed by atoms with E-state index in [9.17, 15) is 4.79 Å². The number of hydrogen-bond donors (Lipinski definition) is 1. The number of hydrogen-bond acceptors (Lipinski definition) is 3. The minimum atomic E-state index is -0.0511. The van der Waals surface area contributed by atoms with Crippen molar-refractivity contribution in [3.63, 3.8) is 0 Å². The molecule has 1 N–H and O–H groups in total. The van der Waals surface area contributed by atoms with Gasteiger partial charge in [-0.1, -0.05) is 29.8 Å². The second kappa shape index (κ2) is 7.69. The van der Waals surface area contributed by atoms with Gasteiger partial charge in [-0.3, -0.25) is 9.78 Å². The molecule has 0 saturated carbocycles. The fraction of sp³-hybridized carbons (Fsp3) is 0.158. The molecule has 0 bridgehead atoms. The zero-order valence-corrected chi connectivity index (χ0v) is 14.8. The zero-order chi connectivity index (χ0) is 16.9. The Morgan fingerprint density at radius 1 is 1.17 bits per heavy atom. The smallest absolute Gasteiger partial charge is 0.251 e. The van der Waals surface area contributed by atoms with Crippen LogP contribution in [0.2, 0.25) is 5.02 Å². The minimum absolute atomic E-state index is 0.0511. The van der Waals surface area contributed by atoms with Gasteiger partial charge in [-0.05, 0) is 41.5 Å². The van der Waals surface area contributed by atoms with E-state index in [1.165, 1.54) is 0 Å². The number of nitrogens with one attached hydrogen (secondary N) is 1. The molecule has 2 aromatic carbocycles. The highest BCUT2D eigenvalue weighted by Crippen LogP contribution is 2.29. The fourth-order valence-electron chi connectivity index (χ4n) is 2.53. The van der Waals surface area contributed by atoms with Crippen LogP contribution in [-0.2, 0) is 0 Å². The summed E-state index contributed by atoms with van der Waals surface area (Å²) in [6.07, 6.45) is 5.65. The van der Waals surface area contributed by atoms with Gasteiger partial charge in [-0.15, -0.1) is 0 Å². The summed E-state index contributed by atoms with van der Waals surface area (Å²) in [4.78, 5) is 16.6. The van der Waals surface area contributed by atoms with Crippen LogP contribution in [0.1, 0.15) is 10.4 Å². The first-order valence-corrected chi connectivity index (χ1v) is 9.37. The monoisotopic (exact) mass is 356 g/mol. The molecule has 3 rings (SSSR count). The van der Waals surface area contributed by atoms with E-state index in [0.29, 0.717) is 17.1 Å². The van der Waals surface area contributed by atoms with Gasteiger partial charge in [0.15, 0.2) is 0 Å². The second-order valence-corrected chi connectivity index (χ2v) is 6.80. The highest BCUT2D eigenvalue weighted by atomic mass is 35.5. The van der Waals surface area contributed by atoms with Crippen LogP contribution >= 0.6 is 23.4 Å². The van der Waals surface area contributed by atoms with Crippen LogP contribution in [0.3, 0.4) is 0 Å². The van der Waals surface area contributed by atoms with E-state index in [1.54, 1.807) is 11.8 Å². The third-order valence-corrected chi connectivity index (χ3v) is 4.63. The molecule has 0 aliphatic rings. The van der Waals surface area contributed by atoms with Gasteiger partial charge in [0, 0.05) is 46.2 Å². The first-order valence-electron chi connectivity index (χ1n) is 7.60. The van der Waals surface area contributed by atoms with E-state index in [0.717, 1.165) is 27.7 Å². The number of amides is 1. The van der Waals surface area contributed by atoms with Crippen molar-refractivity contribution in [3.8, 4) is 11.1 Å². The van der Waals surface area contributed by atoms with E-state index < -0.39 is 0 Å². The lowest BCUT2D eigenvalue weighted by molar-refractivity contribution is 0.0956. The Morgan fingerprint density at radius 2 is 1.96 bits per heavy atom. The predicted octanol–water partition coefficient (Wildman–Crippen LogP) is 4.65. The van der Waals surface area contributed by atoms with Crippen LogP contribution in [0, 0.1) is 0 Å². The second-order valence-electron chi connectivity index (χ2n) is 5.38. The maximum Gasteiger partial charge on any atom is 0.251 e. The summed E-state index contributed by atoms with van der Waals surface area (Å²) in [5.41, 5.74) is 2.67. The van der Waals surface area contributed by atoms with Crippen molar-refractivity contribution >= 4 is 40.0 Å². The Balaban J connectivity index is 2.00. The Labute approximate surface area is 150 Å². The van der Waals surface area contributed by atoms with Crippen molar-refractivity contribution in [2.24, 2.45) is 0 Å². The number of nitrogens with zero attached hydrogens (tertiary/aromatic N) is 1. The van der Waals surface area contributed by atoms with E-state index in [1.807, 2.05) is 61.1 Å². The van der Waals surface area contributed by atoms with Gasteiger partial charge in [0.25, 0.3) is 5.91 Å². The summed E-state index contributed by atoms with van der Waals surface area (Å²) < 4.78 is 0. The summed E-state index contributed by atoms with van der Waals surface area (Å²) in [6, 6.07) is 13.3. The first kappa shape index (κ1) is 16.8. The summed E-state index contributed by atoms with van der Waals surface area (Å²) >= 11 is 7.68. The van der Waals surface area contributed by atoms with Crippen molar-refractivity contribution in [1.82, 2.24) is 10.3 Å². The molecule has 1 heterocycles. The largest absolute Gasteiger partial charge is 0.351 e. The SMILES string of the molecule is CSCCNC(=O)c1ccc2cncc(-c3ccc(Cl)cc3)c2c1. The topological polar surface area (TPSA) is 42.0 Å². The van der Waals surface area contributed by atoms with Gasteiger partial charge in [0.1, 0.15) is 0 Å². The number of fused-ring (bicyclic) bond motifs is 1. The number of benzene rings is 2. The van der Waals surface area contributed by atoms with Crippen molar-refractivity contribution in [2.45, 2.75) is 0 Å². The molecule has 0 radical (unpaired) electrons. The Morgan fingerprint density at radius 3 is 2.71 bits per heavy atom. The van der Waals surface area contributed by atoms with Crippen LogP contribution < -0.4 is 5.32 Å². The molecule has 3 nitrogen and oxygen atoms in total. The van der Waals surface area contributed by atoms with Gasteiger partial charge < -0.3 is 5.32 Å². The molecule has 0 saturated heterocycles. The van der Waals surface area contributed by atoms with Gasteiger partial charge >= 0.3 is 0 Å². The molecule has 5 heteroatoms. The van der Waals surface area contributed by atoms with E-state index in [2.05, 4.69) is 10.3 Å². The van der Waals surface area contributed by atoms with Crippen molar-refractivity contribution < 1.29 is 4.79 Å². The minimum Gasteiger partial charge on any atom is -0.351 e. The molecular weight excluding hydrogens is 340 g/mol. The summed E-state index contributed by atoms with van der Waals surface area (Å²) in [5.74, 6) is 0.851. The Kier molecular flexibility index (Phi) is 5.38. The number of carbonyl (C=O) groups excluding carboxylic acids is 1. The normalized spacial score (nSPS) is 10.8. The maximum absolute atomic E-state index is 12.3. The number of pyridine rings is 1. The predicted molar refractivity (Wildman–Crippen MR) is 103 cm³/mol. The van der Waals surface area contributed by atoms with Crippen molar-refractivity contribution in [3.05, 3.63) is 65.4 Å². The molecule has 0 atom stereocenters. The highest BCUT2D eigenvalue weighted by Gasteiger charge is 2.09. The third-order valence-electron chi connectivity index (χ3n) is 3.77. The summed E-state index contributed by atoms with van der Waals surface area (Å²) in [6.45, 7) is 0.665. The molecule has 1 amide bonds. The van der Waals surface area contributed by atoms with Crippen LogP contribution in [0.5, 0.6) is 0 Å². The van der Waals surface area contributed by atoms with Gasteiger partial charge in [-0.2, -0.15) is 11.8 Å². The van der Waals surface area contributed by atoms with Crippen LogP contribution in [0.4, 0.5) is 0 Å². The van der Waals surface area contributed by atoms with Crippen molar-refractivity contribution in [2.75, 3.05) is 18.6 Å². The van der Waals surface area contributed by atoms with Crippen LogP contribution in [-0.4, -0.2) is 29.4 Å². The van der Waals surface area contributed by atoms with Gasteiger partial charge in [-0.25, -0.2) is 0 Å². The molecule has 0 spiro atoms. The molecule has 1 aromatic heterocycles. The summed E-state index contributed by atoms with van der Waals surface area (Å²) in [7, 11) is 0. The average Bonchev–Trinajstić information content (AvgIpc) is 2.61. The average molecular weight is 357 g/mol. The number of carbonyl (C=O) groups is 1. The standard InChI is InChI=1S/C19H17ClN2OS/c1-24-9-8-22-19(23)14-2-3-15-11-21-12-18(17(15)10-14)13-4-6-16(20)7-5-13/h2-7,10-12H,8-9H2,1H3,(H,22,23). The molecule has 0 aliphatic carbocycles. The molecular formula is C19H17ClN2OS. The number of rotatable bonds is 5. The lowest BCUT2D eigenvalue weighted by atomic mass is 9.99. The third kappa shape index (κ3) is 3.71. The lowest BCUT2D eigenvalue weighted by Gasteiger charge is -2.09. The molecule has 3 aromatic rings. The Bertz CT molecular complexity index is 865. The van der Waals surface area contributed by atoms with Crippen LogP contribution in [0.25, 0.3) is 21.9 Å². The quantitative estimate of drug-likeness (QED) is 0.677. The molecule has 0 fully saturated rings. The molecule has 24 heavy (non-hydrogen) atoms. The Hall–Kier alpha value is -2.04. The summed E-state index contributed by atoms with van der Waals surface area (Å²) in [5, 5.41) is 5.64. The number of aromatic nitrogens is 1. The fourth-order valence-corrected chi connectivity index (χ4v) is 2.97. The first-order chi connectivity index (χ1) is 11.7.